The van der Waals surface area contributed by atoms with E-state index in [-0.39, 0.29) is 12.1 Å². The van der Waals surface area contributed by atoms with Gasteiger partial charge < -0.3 is 10.8 Å². The molecule has 72 valence electrons. The highest BCUT2D eigenvalue weighted by Crippen LogP contribution is 2.05. The van der Waals surface area contributed by atoms with Gasteiger partial charge in [-0.3, -0.25) is 0 Å². The topological polar surface area (TPSA) is 46.2 Å². The van der Waals surface area contributed by atoms with Gasteiger partial charge in [0.25, 0.3) is 0 Å². The van der Waals surface area contributed by atoms with Crippen LogP contribution in [0, 0.1) is 0 Å². The van der Waals surface area contributed by atoms with E-state index in [1.165, 1.54) is 5.56 Å². The standard InChI is InChI=1S/C11H17NO/c1-2-11(13)10(12)8-9-6-4-3-5-7-9/h3-7,10-11,13H,2,8,12H2,1H3/t10-,11-/m1/s1. The third kappa shape index (κ3) is 3.17. The number of hydrogen-bond donors (Lipinski definition) is 2. The van der Waals surface area contributed by atoms with Gasteiger partial charge in [0.1, 0.15) is 0 Å². The largest absolute Gasteiger partial charge is 0.392 e. The van der Waals surface area contributed by atoms with Gasteiger partial charge in [-0.1, -0.05) is 37.3 Å². The average Bonchev–Trinajstić information content (AvgIpc) is 2.18. The van der Waals surface area contributed by atoms with Crippen molar-refractivity contribution in [3.8, 4) is 0 Å². The van der Waals surface area contributed by atoms with E-state index < -0.39 is 0 Å². The van der Waals surface area contributed by atoms with Crippen LogP contribution in [0.3, 0.4) is 0 Å². The molecule has 0 bridgehead atoms. The van der Waals surface area contributed by atoms with Crippen molar-refractivity contribution >= 4 is 0 Å². The summed E-state index contributed by atoms with van der Waals surface area (Å²) in [7, 11) is 0. The van der Waals surface area contributed by atoms with E-state index >= 15 is 0 Å². The summed E-state index contributed by atoms with van der Waals surface area (Å²) in [5.74, 6) is 0. The number of benzene rings is 1. The van der Waals surface area contributed by atoms with E-state index in [2.05, 4.69) is 0 Å². The third-order valence-electron chi connectivity index (χ3n) is 2.23. The summed E-state index contributed by atoms with van der Waals surface area (Å²) in [6.45, 7) is 1.94. The molecule has 13 heavy (non-hydrogen) atoms. The van der Waals surface area contributed by atoms with Crippen LogP contribution < -0.4 is 5.73 Å². The molecular formula is C11H17NO. The number of aliphatic hydroxyl groups is 1. The van der Waals surface area contributed by atoms with Crippen LogP contribution in [0.1, 0.15) is 18.9 Å². The van der Waals surface area contributed by atoms with Crippen LogP contribution in [-0.2, 0) is 6.42 Å². The minimum atomic E-state index is -0.389. The molecule has 0 radical (unpaired) electrons. The SMILES string of the molecule is CC[C@@H](O)[C@H](N)Cc1ccccc1. The van der Waals surface area contributed by atoms with Gasteiger partial charge in [-0.05, 0) is 18.4 Å². The van der Waals surface area contributed by atoms with Crippen molar-refractivity contribution in [1.82, 2.24) is 0 Å². The Morgan fingerprint density at radius 2 is 1.92 bits per heavy atom. The number of hydrogen-bond acceptors (Lipinski definition) is 2. The van der Waals surface area contributed by atoms with Crippen LogP contribution in [0.2, 0.25) is 0 Å². The Morgan fingerprint density at radius 1 is 1.31 bits per heavy atom. The molecule has 2 heteroatoms. The number of rotatable bonds is 4. The lowest BCUT2D eigenvalue weighted by atomic mass is 10.0. The molecule has 0 aromatic heterocycles. The Labute approximate surface area is 79.4 Å². The van der Waals surface area contributed by atoms with E-state index in [1.807, 2.05) is 37.3 Å². The van der Waals surface area contributed by atoms with Gasteiger partial charge in [0, 0.05) is 6.04 Å². The molecule has 0 unspecified atom stereocenters. The van der Waals surface area contributed by atoms with E-state index in [9.17, 15) is 5.11 Å². The highest BCUT2D eigenvalue weighted by Gasteiger charge is 2.12. The van der Waals surface area contributed by atoms with Gasteiger partial charge in [0.2, 0.25) is 0 Å². The second kappa shape index (κ2) is 5.00. The fourth-order valence-electron chi connectivity index (χ4n) is 1.33. The Bertz CT molecular complexity index is 235. The predicted octanol–water partition coefficient (Wildman–Crippen LogP) is 1.33. The van der Waals surface area contributed by atoms with Crippen LogP contribution in [0.25, 0.3) is 0 Å². The fourth-order valence-corrected chi connectivity index (χ4v) is 1.33. The van der Waals surface area contributed by atoms with Crippen molar-refractivity contribution in [3.63, 3.8) is 0 Å². The molecular weight excluding hydrogens is 162 g/mol. The smallest absolute Gasteiger partial charge is 0.0691 e. The highest BCUT2D eigenvalue weighted by atomic mass is 16.3. The maximum absolute atomic E-state index is 9.46. The van der Waals surface area contributed by atoms with Gasteiger partial charge in [-0.25, -0.2) is 0 Å². The number of aliphatic hydroxyl groups excluding tert-OH is 1. The molecule has 1 rings (SSSR count). The molecule has 1 aromatic rings. The zero-order valence-corrected chi connectivity index (χ0v) is 7.98. The maximum atomic E-state index is 9.46. The van der Waals surface area contributed by atoms with Crippen molar-refractivity contribution in [2.24, 2.45) is 5.73 Å². The molecule has 1 aromatic carbocycles. The van der Waals surface area contributed by atoms with Crippen molar-refractivity contribution < 1.29 is 5.11 Å². The summed E-state index contributed by atoms with van der Waals surface area (Å²) in [5.41, 5.74) is 6.99. The van der Waals surface area contributed by atoms with Crippen LogP contribution >= 0.6 is 0 Å². The van der Waals surface area contributed by atoms with Crippen LogP contribution in [0.15, 0.2) is 30.3 Å². The maximum Gasteiger partial charge on any atom is 0.0691 e. The summed E-state index contributed by atoms with van der Waals surface area (Å²) in [5, 5.41) is 9.46. The normalized spacial score (nSPS) is 15.3. The molecule has 0 aliphatic carbocycles. The Hall–Kier alpha value is -0.860. The van der Waals surface area contributed by atoms with Crippen molar-refractivity contribution in [3.05, 3.63) is 35.9 Å². The van der Waals surface area contributed by atoms with E-state index in [4.69, 9.17) is 5.73 Å². The summed E-state index contributed by atoms with van der Waals surface area (Å²) in [4.78, 5) is 0. The molecule has 0 spiro atoms. The molecule has 2 atom stereocenters. The highest BCUT2D eigenvalue weighted by molar-refractivity contribution is 5.16. The quantitative estimate of drug-likeness (QED) is 0.732. The first kappa shape index (κ1) is 10.2. The van der Waals surface area contributed by atoms with Crippen LogP contribution in [0.5, 0.6) is 0 Å². The fraction of sp³-hybridized carbons (Fsp3) is 0.455. The van der Waals surface area contributed by atoms with Gasteiger partial charge in [0.05, 0.1) is 6.10 Å². The van der Waals surface area contributed by atoms with E-state index in [0.29, 0.717) is 6.42 Å². The van der Waals surface area contributed by atoms with Crippen molar-refractivity contribution in [1.29, 1.82) is 0 Å². The van der Waals surface area contributed by atoms with Gasteiger partial charge >= 0.3 is 0 Å². The van der Waals surface area contributed by atoms with Gasteiger partial charge in [0.15, 0.2) is 0 Å². The molecule has 0 heterocycles. The first-order valence-electron chi connectivity index (χ1n) is 4.71. The summed E-state index contributed by atoms with van der Waals surface area (Å²) in [6, 6.07) is 9.86. The summed E-state index contributed by atoms with van der Waals surface area (Å²) < 4.78 is 0. The Balaban J connectivity index is 2.50. The second-order valence-corrected chi connectivity index (χ2v) is 3.33. The first-order valence-corrected chi connectivity index (χ1v) is 4.71. The molecule has 0 amide bonds. The first-order chi connectivity index (χ1) is 6.24. The van der Waals surface area contributed by atoms with Crippen LogP contribution in [0.4, 0.5) is 0 Å². The van der Waals surface area contributed by atoms with Gasteiger partial charge in [-0.15, -0.1) is 0 Å². The predicted molar refractivity (Wildman–Crippen MR) is 54.4 cm³/mol. The Morgan fingerprint density at radius 3 is 2.46 bits per heavy atom. The lowest BCUT2D eigenvalue weighted by Crippen LogP contribution is -2.36. The molecule has 2 nitrogen and oxygen atoms in total. The van der Waals surface area contributed by atoms with E-state index in [1.54, 1.807) is 0 Å². The average molecular weight is 179 g/mol. The summed E-state index contributed by atoms with van der Waals surface area (Å²) in [6.07, 6.45) is 1.07. The molecule has 0 saturated carbocycles. The molecule has 0 aliphatic rings. The molecule has 0 fully saturated rings. The molecule has 3 N–H and O–H groups in total. The van der Waals surface area contributed by atoms with Crippen LogP contribution in [-0.4, -0.2) is 17.3 Å². The van der Waals surface area contributed by atoms with Crippen molar-refractivity contribution in [2.75, 3.05) is 0 Å². The Kier molecular flexibility index (Phi) is 3.93. The number of nitrogens with two attached hydrogens (primary N) is 1. The van der Waals surface area contributed by atoms with E-state index in [0.717, 1.165) is 6.42 Å². The van der Waals surface area contributed by atoms with Gasteiger partial charge in [-0.2, -0.15) is 0 Å². The zero-order valence-electron chi connectivity index (χ0n) is 7.98. The lowest BCUT2D eigenvalue weighted by Gasteiger charge is -2.16. The molecule has 0 aliphatic heterocycles. The lowest BCUT2D eigenvalue weighted by molar-refractivity contribution is 0.140. The zero-order chi connectivity index (χ0) is 9.68. The second-order valence-electron chi connectivity index (χ2n) is 3.33. The van der Waals surface area contributed by atoms with Crippen molar-refractivity contribution in [2.45, 2.75) is 31.9 Å². The minimum Gasteiger partial charge on any atom is -0.392 e. The monoisotopic (exact) mass is 179 g/mol. The summed E-state index contributed by atoms with van der Waals surface area (Å²) >= 11 is 0. The third-order valence-corrected chi connectivity index (χ3v) is 2.23. The minimum absolute atomic E-state index is 0.146. The molecule has 0 saturated heterocycles.